The summed E-state index contributed by atoms with van der Waals surface area (Å²) in [6, 6.07) is 5.36. The second kappa shape index (κ2) is 8.79. The van der Waals surface area contributed by atoms with Gasteiger partial charge in [0.05, 0.1) is 17.3 Å². The fraction of sp³-hybridized carbons (Fsp3) is 0.522. The van der Waals surface area contributed by atoms with Gasteiger partial charge < -0.3 is 15.1 Å². The molecule has 1 atom stereocenters. The second-order valence-electron chi connectivity index (χ2n) is 8.19. The maximum Gasteiger partial charge on any atom is 0.159 e. The maximum atomic E-state index is 10.1. The average molecular weight is 393 g/mol. The molecular formula is C23H28N4O2. The quantitative estimate of drug-likeness (QED) is 0.461. The molecule has 2 N–H and O–H groups in total. The van der Waals surface area contributed by atoms with Crippen molar-refractivity contribution in [2.45, 2.75) is 51.4 Å². The molecule has 1 aromatic carbocycles. The zero-order valence-corrected chi connectivity index (χ0v) is 16.8. The van der Waals surface area contributed by atoms with Crippen molar-refractivity contribution in [1.82, 2.24) is 9.88 Å². The monoisotopic (exact) mass is 392 g/mol. The van der Waals surface area contributed by atoms with E-state index in [1.807, 2.05) is 0 Å². The van der Waals surface area contributed by atoms with Crippen molar-refractivity contribution in [3.63, 3.8) is 0 Å². The van der Waals surface area contributed by atoms with Gasteiger partial charge in [0.25, 0.3) is 0 Å². The lowest BCUT2D eigenvalue weighted by Crippen LogP contribution is -2.36. The van der Waals surface area contributed by atoms with E-state index in [0.717, 1.165) is 74.9 Å². The van der Waals surface area contributed by atoms with Crippen LogP contribution in [0.3, 0.4) is 0 Å². The number of phenols is 2. The Kier molecular flexibility index (Phi) is 5.96. The number of benzene rings is 1. The zero-order chi connectivity index (χ0) is 20.2. The van der Waals surface area contributed by atoms with Crippen LogP contribution >= 0.6 is 0 Å². The minimum Gasteiger partial charge on any atom is -0.504 e. The molecule has 152 valence electrons. The van der Waals surface area contributed by atoms with E-state index in [1.54, 1.807) is 12.1 Å². The first-order chi connectivity index (χ1) is 14.2. The fourth-order valence-electron chi connectivity index (χ4n) is 4.55. The number of likely N-dealkylation sites (tertiary alicyclic amines) is 1. The van der Waals surface area contributed by atoms with Crippen molar-refractivity contribution >= 4 is 22.8 Å². The number of hydrogen-bond donors (Lipinski definition) is 2. The number of nitrogens with zero attached hydrogens (tertiary/aromatic N) is 4. The van der Waals surface area contributed by atoms with Gasteiger partial charge in [-0.25, -0.2) is 0 Å². The van der Waals surface area contributed by atoms with E-state index in [0.29, 0.717) is 17.9 Å². The summed E-state index contributed by atoms with van der Waals surface area (Å²) >= 11 is 0. The number of phenolic OH excluding ortho intramolecular Hbond substituents is 2. The molecule has 0 spiro atoms. The van der Waals surface area contributed by atoms with Crippen molar-refractivity contribution in [2.24, 2.45) is 10.9 Å². The summed E-state index contributed by atoms with van der Waals surface area (Å²) in [5.41, 5.74) is 3.85. The van der Waals surface area contributed by atoms with Crippen LogP contribution in [0.25, 0.3) is 10.9 Å². The number of hydrogen-bond acceptors (Lipinski definition) is 6. The van der Waals surface area contributed by atoms with Crippen LogP contribution in [0.4, 0.5) is 5.69 Å². The van der Waals surface area contributed by atoms with Crippen LogP contribution in [0.5, 0.6) is 11.5 Å². The Hall–Kier alpha value is -2.65. The number of piperidine rings is 1. The van der Waals surface area contributed by atoms with Gasteiger partial charge >= 0.3 is 0 Å². The molecule has 1 saturated heterocycles. The van der Waals surface area contributed by atoms with E-state index in [1.165, 1.54) is 12.0 Å². The number of rotatable bonds is 4. The predicted molar refractivity (Wildman–Crippen MR) is 114 cm³/mol. The predicted octanol–water partition coefficient (Wildman–Crippen LogP) is 4.24. The van der Waals surface area contributed by atoms with E-state index in [4.69, 9.17) is 15.2 Å². The standard InChI is InChI=1S/C23H28N4O2/c24-9-5-11-27-10-4-6-16(15-27)14-25-23-17-7-2-1-3-8-19(17)26-20-13-22(29)21(28)12-18(20)23/h12-14,16,28-29H,1-8,10-11,15H2/b25-14-. The Morgan fingerprint density at radius 2 is 2.00 bits per heavy atom. The summed E-state index contributed by atoms with van der Waals surface area (Å²) in [6.07, 6.45) is 10.1. The highest BCUT2D eigenvalue weighted by atomic mass is 16.3. The topological polar surface area (TPSA) is 92.7 Å². The molecule has 0 amide bonds. The third-order valence-corrected chi connectivity index (χ3v) is 6.07. The van der Waals surface area contributed by atoms with E-state index >= 15 is 0 Å². The summed E-state index contributed by atoms with van der Waals surface area (Å²) in [5, 5.41) is 29.7. The highest BCUT2D eigenvalue weighted by Gasteiger charge is 2.21. The lowest BCUT2D eigenvalue weighted by molar-refractivity contribution is 0.210. The SMILES string of the molecule is N#CCCN1CCCC(/C=N\c2c3c(nc4cc(O)c(O)cc24)CCCCC3)C1. The minimum atomic E-state index is -0.145. The molecule has 2 aromatic rings. The van der Waals surface area contributed by atoms with Crippen LogP contribution in [0.2, 0.25) is 0 Å². The molecule has 2 heterocycles. The first-order valence-electron chi connectivity index (χ1n) is 10.7. The molecule has 4 rings (SSSR count). The van der Waals surface area contributed by atoms with Crippen molar-refractivity contribution in [2.75, 3.05) is 19.6 Å². The zero-order valence-electron chi connectivity index (χ0n) is 16.8. The number of pyridine rings is 1. The van der Waals surface area contributed by atoms with E-state index in [9.17, 15) is 10.2 Å². The molecule has 0 radical (unpaired) electrons. The summed E-state index contributed by atoms with van der Waals surface area (Å²) < 4.78 is 0. The molecule has 1 aromatic heterocycles. The normalized spacial score (nSPS) is 20.4. The number of aryl methyl sites for hydroxylation is 1. The van der Waals surface area contributed by atoms with Gasteiger partial charge in [-0.1, -0.05) is 6.42 Å². The third-order valence-electron chi connectivity index (χ3n) is 6.07. The summed E-state index contributed by atoms with van der Waals surface area (Å²) in [7, 11) is 0. The van der Waals surface area contributed by atoms with Crippen molar-refractivity contribution in [3.8, 4) is 17.6 Å². The van der Waals surface area contributed by atoms with Crippen molar-refractivity contribution < 1.29 is 10.2 Å². The lowest BCUT2D eigenvalue weighted by Gasteiger charge is -2.30. The Morgan fingerprint density at radius 3 is 2.86 bits per heavy atom. The molecule has 1 unspecified atom stereocenters. The van der Waals surface area contributed by atoms with Crippen LogP contribution in [0.15, 0.2) is 17.1 Å². The Labute approximate surface area is 171 Å². The average Bonchev–Trinajstić information content (AvgIpc) is 2.96. The van der Waals surface area contributed by atoms with Gasteiger partial charge in [-0.2, -0.15) is 5.26 Å². The fourth-order valence-corrected chi connectivity index (χ4v) is 4.55. The highest BCUT2D eigenvalue weighted by molar-refractivity contribution is 5.95. The molecule has 1 aliphatic carbocycles. The van der Waals surface area contributed by atoms with Gasteiger partial charge in [-0.15, -0.1) is 0 Å². The van der Waals surface area contributed by atoms with Crippen molar-refractivity contribution in [3.05, 3.63) is 23.4 Å². The molecule has 2 aliphatic rings. The van der Waals surface area contributed by atoms with Crippen LogP contribution in [-0.2, 0) is 12.8 Å². The largest absolute Gasteiger partial charge is 0.504 e. The molecule has 6 nitrogen and oxygen atoms in total. The van der Waals surface area contributed by atoms with Crippen LogP contribution in [-0.4, -0.2) is 45.9 Å². The maximum absolute atomic E-state index is 10.1. The highest BCUT2D eigenvalue weighted by Crippen LogP contribution is 2.39. The smallest absolute Gasteiger partial charge is 0.159 e. The van der Waals surface area contributed by atoms with E-state index in [2.05, 4.69) is 17.2 Å². The van der Waals surface area contributed by atoms with Gasteiger partial charge in [-0.3, -0.25) is 9.98 Å². The summed E-state index contributed by atoms with van der Waals surface area (Å²) in [5.74, 6) is 0.0800. The van der Waals surface area contributed by atoms with Crippen LogP contribution in [0, 0.1) is 17.2 Å². The van der Waals surface area contributed by atoms with Gasteiger partial charge in [0.1, 0.15) is 0 Å². The molecule has 0 bridgehead atoms. The molecule has 29 heavy (non-hydrogen) atoms. The number of aromatic nitrogens is 1. The van der Waals surface area contributed by atoms with Gasteiger partial charge in [-0.05, 0) is 56.7 Å². The van der Waals surface area contributed by atoms with Gasteiger partial charge in [0, 0.05) is 48.8 Å². The third kappa shape index (κ3) is 4.35. The molecule has 6 heteroatoms. The first kappa shape index (κ1) is 19.7. The number of nitriles is 1. The number of aliphatic imine (C=N–C) groups is 1. The van der Waals surface area contributed by atoms with Gasteiger partial charge in [0.2, 0.25) is 0 Å². The first-order valence-corrected chi connectivity index (χ1v) is 10.7. The molecule has 1 aliphatic heterocycles. The van der Waals surface area contributed by atoms with Gasteiger partial charge in [0.15, 0.2) is 11.5 Å². The number of aromatic hydroxyl groups is 2. The second-order valence-corrected chi connectivity index (χ2v) is 8.19. The molecule has 1 fully saturated rings. The van der Waals surface area contributed by atoms with Crippen LogP contribution in [0.1, 0.15) is 49.8 Å². The van der Waals surface area contributed by atoms with Crippen molar-refractivity contribution in [1.29, 1.82) is 5.26 Å². The van der Waals surface area contributed by atoms with E-state index < -0.39 is 0 Å². The lowest BCUT2D eigenvalue weighted by atomic mass is 9.98. The van der Waals surface area contributed by atoms with E-state index in [-0.39, 0.29) is 11.5 Å². The Bertz CT molecular complexity index is 964. The molecule has 0 saturated carbocycles. The molecular weight excluding hydrogens is 364 g/mol. The Morgan fingerprint density at radius 1 is 1.17 bits per heavy atom. The summed E-state index contributed by atoms with van der Waals surface area (Å²) in [6.45, 7) is 2.80. The van der Waals surface area contributed by atoms with Crippen LogP contribution < -0.4 is 0 Å². The Balaban J connectivity index is 1.70. The number of fused-ring (bicyclic) bond motifs is 2. The summed E-state index contributed by atoms with van der Waals surface area (Å²) in [4.78, 5) is 12.1. The minimum absolute atomic E-state index is 0.135.